The van der Waals surface area contributed by atoms with Gasteiger partial charge in [-0.2, -0.15) is 4.31 Å². The number of sulfonamides is 1. The molecule has 1 atom stereocenters. The maximum Gasteiger partial charge on any atom is 0.243 e. The zero-order chi connectivity index (χ0) is 17.2. The highest BCUT2D eigenvalue weighted by atomic mass is 32.2. The van der Waals surface area contributed by atoms with E-state index < -0.39 is 10.0 Å². The molecule has 3 nitrogen and oxygen atoms in total. The second-order valence-corrected chi connectivity index (χ2v) is 8.64. The molecule has 0 aromatic heterocycles. The number of benzene rings is 2. The Morgan fingerprint density at radius 2 is 1.75 bits per heavy atom. The Labute approximate surface area is 145 Å². The van der Waals surface area contributed by atoms with Crippen LogP contribution < -0.4 is 0 Å². The second-order valence-electron chi connectivity index (χ2n) is 6.74. The van der Waals surface area contributed by atoms with E-state index in [1.165, 1.54) is 5.56 Å². The first-order chi connectivity index (χ1) is 11.5. The third kappa shape index (κ3) is 3.55. The van der Waals surface area contributed by atoms with Crippen molar-refractivity contribution in [2.75, 3.05) is 13.1 Å². The third-order valence-corrected chi connectivity index (χ3v) is 6.88. The number of nitrogens with zero attached hydrogens (tertiary/aromatic N) is 1. The standard InChI is InChI=1S/C20H25NO2S/c1-16-11-12-20(17(2)14-16)24(22,23)21-13-7-6-10-19(15-21)18-8-4-3-5-9-18/h3-5,8-9,11-12,14,19H,6-7,10,13,15H2,1-2H3. The third-order valence-electron chi connectivity index (χ3n) is 4.85. The van der Waals surface area contributed by atoms with Gasteiger partial charge < -0.3 is 0 Å². The Balaban J connectivity index is 1.91. The molecule has 1 unspecified atom stereocenters. The lowest BCUT2D eigenvalue weighted by molar-refractivity contribution is 0.406. The Kier molecular flexibility index (Phi) is 5.07. The summed E-state index contributed by atoms with van der Waals surface area (Å²) in [6, 6.07) is 15.9. The predicted molar refractivity (Wildman–Crippen MR) is 97.7 cm³/mol. The summed E-state index contributed by atoms with van der Waals surface area (Å²) < 4.78 is 28.0. The average Bonchev–Trinajstić information content (AvgIpc) is 2.82. The van der Waals surface area contributed by atoms with Gasteiger partial charge >= 0.3 is 0 Å². The van der Waals surface area contributed by atoms with Gasteiger partial charge in [0, 0.05) is 13.1 Å². The first kappa shape index (κ1) is 17.2. The molecule has 2 aromatic carbocycles. The quantitative estimate of drug-likeness (QED) is 0.835. The number of hydrogen-bond acceptors (Lipinski definition) is 2. The van der Waals surface area contributed by atoms with Gasteiger partial charge in [-0.3, -0.25) is 0 Å². The van der Waals surface area contributed by atoms with E-state index in [0.717, 1.165) is 30.4 Å². The summed E-state index contributed by atoms with van der Waals surface area (Å²) in [6.45, 7) is 5.05. The molecular formula is C20H25NO2S. The second kappa shape index (κ2) is 7.08. The fourth-order valence-electron chi connectivity index (χ4n) is 3.55. The topological polar surface area (TPSA) is 37.4 Å². The van der Waals surface area contributed by atoms with Gasteiger partial charge in [0.05, 0.1) is 4.90 Å². The molecule has 24 heavy (non-hydrogen) atoms. The highest BCUT2D eigenvalue weighted by molar-refractivity contribution is 7.89. The molecule has 0 aliphatic carbocycles. The van der Waals surface area contributed by atoms with Crippen LogP contribution in [0.2, 0.25) is 0 Å². The fourth-order valence-corrected chi connectivity index (χ4v) is 5.28. The minimum absolute atomic E-state index is 0.272. The molecule has 1 aliphatic rings. The minimum atomic E-state index is -3.44. The van der Waals surface area contributed by atoms with Gasteiger partial charge in [0.25, 0.3) is 0 Å². The van der Waals surface area contributed by atoms with Crippen molar-refractivity contribution in [2.24, 2.45) is 0 Å². The highest BCUT2D eigenvalue weighted by Gasteiger charge is 2.30. The smallest absolute Gasteiger partial charge is 0.207 e. The molecular weight excluding hydrogens is 318 g/mol. The molecule has 1 saturated heterocycles. The zero-order valence-corrected chi connectivity index (χ0v) is 15.2. The monoisotopic (exact) mass is 343 g/mol. The molecule has 2 aromatic rings. The first-order valence-electron chi connectivity index (χ1n) is 8.61. The van der Waals surface area contributed by atoms with E-state index >= 15 is 0 Å². The summed E-state index contributed by atoms with van der Waals surface area (Å²) in [5.41, 5.74) is 3.15. The maximum absolute atomic E-state index is 13.2. The van der Waals surface area contributed by atoms with Crippen molar-refractivity contribution < 1.29 is 8.42 Å². The molecule has 3 rings (SSSR count). The van der Waals surface area contributed by atoms with E-state index in [9.17, 15) is 8.42 Å². The number of aryl methyl sites for hydroxylation is 2. The molecule has 0 spiro atoms. The summed E-state index contributed by atoms with van der Waals surface area (Å²) in [5.74, 6) is 0.272. The van der Waals surface area contributed by atoms with Crippen LogP contribution in [0.4, 0.5) is 0 Å². The molecule has 128 valence electrons. The molecule has 0 bridgehead atoms. The normalized spacial score (nSPS) is 19.8. The van der Waals surface area contributed by atoms with Crippen molar-refractivity contribution in [2.45, 2.75) is 43.9 Å². The van der Waals surface area contributed by atoms with Crippen LogP contribution in [0.5, 0.6) is 0 Å². The Morgan fingerprint density at radius 1 is 1.00 bits per heavy atom. The summed E-state index contributed by atoms with van der Waals surface area (Å²) >= 11 is 0. The van der Waals surface area contributed by atoms with Crippen LogP contribution >= 0.6 is 0 Å². The lowest BCUT2D eigenvalue weighted by Gasteiger charge is -2.25. The molecule has 0 N–H and O–H groups in total. The Hall–Kier alpha value is -1.65. The van der Waals surface area contributed by atoms with E-state index in [1.54, 1.807) is 10.4 Å². The Morgan fingerprint density at radius 3 is 2.46 bits per heavy atom. The van der Waals surface area contributed by atoms with Crippen LogP contribution in [-0.4, -0.2) is 25.8 Å². The van der Waals surface area contributed by atoms with Crippen LogP contribution in [0.3, 0.4) is 0 Å². The van der Waals surface area contributed by atoms with Crippen LogP contribution in [0.1, 0.15) is 41.9 Å². The SMILES string of the molecule is Cc1ccc(S(=O)(=O)N2CCCCC(c3ccccc3)C2)c(C)c1. The van der Waals surface area contributed by atoms with Crippen molar-refractivity contribution in [1.82, 2.24) is 4.31 Å². The molecule has 1 aliphatic heterocycles. The van der Waals surface area contributed by atoms with Gasteiger partial charge in [-0.25, -0.2) is 8.42 Å². The highest BCUT2D eigenvalue weighted by Crippen LogP contribution is 2.30. The van der Waals surface area contributed by atoms with Crippen molar-refractivity contribution in [3.05, 3.63) is 65.2 Å². The van der Waals surface area contributed by atoms with Gasteiger partial charge in [-0.15, -0.1) is 0 Å². The predicted octanol–water partition coefficient (Wildman–Crippen LogP) is 4.26. The minimum Gasteiger partial charge on any atom is -0.207 e. The van der Waals surface area contributed by atoms with Crippen LogP contribution in [-0.2, 0) is 10.0 Å². The van der Waals surface area contributed by atoms with Crippen molar-refractivity contribution >= 4 is 10.0 Å². The van der Waals surface area contributed by atoms with E-state index in [4.69, 9.17) is 0 Å². The lowest BCUT2D eigenvalue weighted by atomic mass is 9.95. The van der Waals surface area contributed by atoms with Gasteiger partial charge in [-0.1, -0.05) is 54.4 Å². The molecule has 0 radical (unpaired) electrons. The average molecular weight is 343 g/mol. The molecule has 1 fully saturated rings. The fraction of sp³-hybridized carbons (Fsp3) is 0.400. The largest absolute Gasteiger partial charge is 0.243 e. The number of hydrogen-bond donors (Lipinski definition) is 0. The summed E-state index contributed by atoms with van der Waals surface area (Å²) in [5, 5.41) is 0. The summed E-state index contributed by atoms with van der Waals surface area (Å²) in [6.07, 6.45) is 3.04. The van der Waals surface area contributed by atoms with Crippen LogP contribution in [0, 0.1) is 13.8 Å². The maximum atomic E-state index is 13.2. The van der Waals surface area contributed by atoms with E-state index in [0.29, 0.717) is 18.0 Å². The van der Waals surface area contributed by atoms with E-state index in [1.807, 2.05) is 44.2 Å². The molecule has 0 amide bonds. The van der Waals surface area contributed by atoms with Gasteiger partial charge in [0.15, 0.2) is 0 Å². The van der Waals surface area contributed by atoms with Crippen LogP contribution in [0.15, 0.2) is 53.4 Å². The number of rotatable bonds is 3. The summed E-state index contributed by atoms with van der Waals surface area (Å²) in [4.78, 5) is 0.446. The van der Waals surface area contributed by atoms with Gasteiger partial charge in [0.1, 0.15) is 0 Å². The molecule has 1 heterocycles. The van der Waals surface area contributed by atoms with Crippen molar-refractivity contribution in [1.29, 1.82) is 0 Å². The van der Waals surface area contributed by atoms with Crippen LogP contribution in [0.25, 0.3) is 0 Å². The van der Waals surface area contributed by atoms with Crippen molar-refractivity contribution in [3.63, 3.8) is 0 Å². The van der Waals surface area contributed by atoms with Gasteiger partial charge in [0.2, 0.25) is 10.0 Å². The van der Waals surface area contributed by atoms with Crippen molar-refractivity contribution in [3.8, 4) is 0 Å². The lowest BCUT2D eigenvalue weighted by Crippen LogP contribution is -2.34. The molecule has 0 saturated carbocycles. The first-order valence-corrected chi connectivity index (χ1v) is 10.0. The van der Waals surface area contributed by atoms with E-state index in [2.05, 4.69) is 12.1 Å². The summed E-state index contributed by atoms with van der Waals surface area (Å²) in [7, 11) is -3.44. The molecule has 4 heteroatoms. The zero-order valence-electron chi connectivity index (χ0n) is 14.4. The Bertz CT molecular complexity index is 800. The van der Waals surface area contributed by atoms with Gasteiger partial charge in [-0.05, 0) is 49.8 Å². The van der Waals surface area contributed by atoms with E-state index in [-0.39, 0.29) is 5.92 Å².